The Bertz CT molecular complexity index is 417. The van der Waals surface area contributed by atoms with Gasteiger partial charge < -0.3 is 10.8 Å². The van der Waals surface area contributed by atoms with E-state index >= 15 is 0 Å². The lowest BCUT2D eigenvalue weighted by molar-refractivity contribution is -0.137. The molecule has 18 heavy (non-hydrogen) atoms. The normalized spacial score (nSPS) is 15.8. The van der Waals surface area contributed by atoms with Crippen LogP contribution in [0.1, 0.15) is 31.0 Å². The van der Waals surface area contributed by atoms with Gasteiger partial charge in [0.2, 0.25) is 0 Å². The molecule has 1 rings (SSSR count). The smallest absolute Gasteiger partial charge is 0.391 e. The molecule has 0 radical (unpaired) electrons. The van der Waals surface area contributed by atoms with Crippen molar-refractivity contribution in [2.75, 3.05) is 0 Å². The number of nitrogens with two attached hydrogens (primary N) is 1. The molecule has 0 saturated heterocycles. The van der Waals surface area contributed by atoms with E-state index in [1.807, 2.05) is 0 Å². The zero-order valence-electron chi connectivity index (χ0n) is 10.0. The van der Waals surface area contributed by atoms with Gasteiger partial charge in [0, 0.05) is 5.56 Å². The molecule has 1 aromatic rings. The highest BCUT2D eigenvalue weighted by Gasteiger charge is 2.32. The van der Waals surface area contributed by atoms with E-state index in [9.17, 15) is 22.7 Å². The lowest BCUT2D eigenvalue weighted by Crippen LogP contribution is -2.31. The second kappa shape index (κ2) is 5.24. The zero-order valence-corrected chi connectivity index (χ0v) is 10.0. The van der Waals surface area contributed by atoms with Crippen LogP contribution in [0, 0.1) is 11.7 Å². The second-order valence-electron chi connectivity index (χ2n) is 4.49. The molecule has 6 heteroatoms. The first-order valence-corrected chi connectivity index (χ1v) is 5.45. The molecule has 2 atom stereocenters. The molecule has 2 nitrogen and oxygen atoms in total. The molecule has 0 saturated carbocycles. The third-order valence-electron chi connectivity index (χ3n) is 2.74. The minimum atomic E-state index is -4.60. The summed E-state index contributed by atoms with van der Waals surface area (Å²) in [7, 11) is 0. The van der Waals surface area contributed by atoms with Crippen LogP contribution in [0.4, 0.5) is 17.6 Å². The Labute approximate surface area is 102 Å². The maximum Gasteiger partial charge on any atom is 0.416 e. The molecule has 0 unspecified atom stereocenters. The average Bonchev–Trinajstić information content (AvgIpc) is 2.25. The van der Waals surface area contributed by atoms with Gasteiger partial charge in [0.25, 0.3) is 0 Å². The van der Waals surface area contributed by atoms with Crippen molar-refractivity contribution >= 4 is 0 Å². The molecule has 0 aliphatic heterocycles. The van der Waals surface area contributed by atoms with E-state index in [2.05, 4.69) is 0 Å². The minimum absolute atomic E-state index is 0.121. The van der Waals surface area contributed by atoms with Crippen molar-refractivity contribution < 1.29 is 22.7 Å². The fraction of sp³-hybridized carbons (Fsp3) is 0.500. The van der Waals surface area contributed by atoms with Crippen LogP contribution in [-0.4, -0.2) is 11.2 Å². The molecule has 0 aliphatic rings. The van der Waals surface area contributed by atoms with Gasteiger partial charge in [-0.05, 0) is 18.1 Å². The maximum atomic E-state index is 13.6. The predicted octanol–water partition coefficient (Wildman–Crippen LogP) is 2.86. The van der Waals surface area contributed by atoms with Gasteiger partial charge in [-0.1, -0.05) is 19.9 Å². The maximum absolute atomic E-state index is 13.6. The Morgan fingerprint density at radius 2 is 1.78 bits per heavy atom. The quantitative estimate of drug-likeness (QED) is 0.825. The SMILES string of the molecule is CC(C)[C@H](O)[C@H](N)c1ccc(C(F)(F)F)cc1F. The van der Waals surface area contributed by atoms with Crippen molar-refractivity contribution in [1.82, 2.24) is 0 Å². The number of rotatable bonds is 3. The summed E-state index contributed by atoms with van der Waals surface area (Å²) >= 11 is 0. The van der Waals surface area contributed by atoms with Crippen LogP contribution in [-0.2, 0) is 6.18 Å². The summed E-state index contributed by atoms with van der Waals surface area (Å²) in [6.45, 7) is 3.37. The van der Waals surface area contributed by atoms with E-state index in [0.717, 1.165) is 12.1 Å². The van der Waals surface area contributed by atoms with Crippen molar-refractivity contribution in [2.45, 2.75) is 32.2 Å². The first-order chi connectivity index (χ1) is 8.14. The number of alkyl halides is 3. The van der Waals surface area contributed by atoms with Crippen LogP contribution >= 0.6 is 0 Å². The first-order valence-electron chi connectivity index (χ1n) is 5.45. The number of halogens is 4. The van der Waals surface area contributed by atoms with Gasteiger partial charge in [0.15, 0.2) is 0 Å². The topological polar surface area (TPSA) is 46.2 Å². The Morgan fingerprint density at radius 1 is 1.22 bits per heavy atom. The Morgan fingerprint density at radius 3 is 2.17 bits per heavy atom. The molecule has 0 amide bonds. The first kappa shape index (κ1) is 14.9. The largest absolute Gasteiger partial charge is 0.416 e. The number of hydrogen-bond donors (Lipinski definition) is 2. The third-order valence-corrected chi connectivity index (χ3v) is 2.74. The Kier molecular flexibility index (Phi) is 4.34. The van der Waals surface area contributed by atoms with Crippen LogP contribution in [0.2, 0.25) is 0 Å². The van der Waals surface area contributed by atoms with E-state index in [1.165, 1.54) is 0 Å². The van der Waals surface area contributed by atoms with Crippen LogP contribution in [0.25, 0.3) is 0 Å². The van der Waals surface area contributed by atoms with E-state index in [1.54, 1.807) is 13.8 Å². The summed E-state index contributed by atoms with van der Waals surface area (Å²) in [6.07, 6.45) is -5.61. The summed E-state index contributed by atoms with van der Waals surface area (Å²) in [5.41, 5.74) is 4.43. The summed E-state index contributed by atoms with van der Waals surface area (Å²) in [5, 5.41) is 9.69. The molecule has 0 spiro atoms. The number of aliphatic hydroxyl groups excluding tert-OH is 1. The summed E-state index contributed by atoms with van der Waals surface area (Å²) in [6, 6.07) is 1.06. The molecule has 0 bridgehead atoms. The van der Waals surface area contributed by atoms with Gasteiger partial charge in [-0.25, -0.2) is 4.39 Å². The van der Waals surface area contributed by atoms with E-state index in [0.29, 0.717) is 6.07 Å². The van der Waals surface area contributed by atoms with Gasteiger partial charge in [-0.2, -0.15) is 13.2 Å². The fourth-order valence-electron chi connectivity index (χ4n) is 1.57. The summed E-state index contributed by atoms with van der Waals surface area (Å²) in [4.78, 5) is 0. The average molecular weight is 265 g/mol. The highest BCUT2D eigenvalue weighted by atomic mass is 19.4. The van der Waals surface area contributed by atoms with E-state index < -0.39 is 29.7 Å². The van der Waals surface area contributed by atoms with Gasteiger partial charge in [0.05, 0.1) is 17.7 Å². The fourth-order valence-corrected chi connectivity index (χ4v) is 1.57. The van der Waals surface area contributed by atoms with E-state index in [4.69, 9.17) is 5.73 Å². The number of benzene rings is 1. The number of aliphatic hydroxyl groups is 1. The molecule has 3 N–H and O–H groups in total. The predicted molar refractivity (Wildman–Crippen MR) is 59.2 cm³/mol. The summed E-state index contributed by atoms with van der Waals surface area (Å²) < 4.78 is 50.6. The third kappa shape index (κ3) is 3.20. The molecule has 1 aromatic carbocycles. The molecule has 0 aliphatic carbocycles. The van der Waals surface area contributed by atoms with Crippen LogP contribution < -0.4 is 5.73 Å². The van der Waals surface area contributed by atoms with Crippen LogP contribution in [0.15, 0.2) is 18.2 Å². The van der Waals surface area contributed by atoms with Crippen molar-refractivity contribution in [3.8, 4) is 0 Å². The lowest BCUT2D eigenvalue weighted by atomic mass is 9.93. The van der Waals surface area contributed by atoms with Crippen LogP contribution in [0.5, 0.6) is 0 Å². The second-order valence-corrected chi connectivity index (χ2v) is 4.49. The van der Waals surface area contributed by atoms with Gasteiger partial charge >= 0.3 is 6.18 Å². The molecule has 102 valence electrons. The Hall–Kier alpha value is -1.14. The molecule has 0 fully saturated rings. The molecular weight excluding hydrogens is 250 g/mol. The molecule has 0 aromatic heterocycles. The van der Waals surface area contributed by atoms with Gasteiger partial charge in [-0.3, -0.25) is 0 Å². The van der Waals surface area contributed by atoms with Crippen molar-refractivity contribution in [3.05, 3.63) is 35.1 Å². The monoisotopic (exact) mass is 265 g/mol. The zero-order chi connectivity index (χ0) is 14.1. The van der Waals surface area contributed by atoms with Crippen LogP contribution in [0.3, 0.4) is 0 Å². The minimum Gasteiger partial charge on any atom is -0.391 e. The summed E-state index contributed by atoms with van der Waals surface area (Å²) in [5.74, 6) is -1.28. The highest BCUT2D eigenvalue weighted by Crippen LogP contribution is 2.32. The lowest BCUT2D eigenvalue weighted by Gasteiger charge is -2.23. The Balaban J connectivity index is 3.06. The van der Waals surface area contributed by atoms with E-state index in [-0.39, 0.29) is 11.5 Å². The highest BCUT2D eigenvalue weighted by molar-refractivity contribution is 5.29. The van der Waals surface area contributed by atoms with Crippen molar-refractivity contribution in [3.63, 3.8) is 0 Å². The van der Waals surface area contributed by atoms with Gasteiger partial charge in [0.1, 0.15) is 5.82 Å². The van der Waals surface area contributed by atoms with Crippen molar-refractivity contribution in [2.24, 2.45) is 11.7 Å². The van der Waals surface area contributed by atoms with Gasteiger partial charge in [-0.15, -0.1) is 0 Å². The standard InChI is InChI=1S/C12H15F4NO/c1-6(2)11(18)10(17)8-4-3-7(5-9(8)13)12(14,15)16/h3-6,10-11,18H,17H2,1-2H3/t10-,11+/m1/s1. The number of hydrogen-bond acceptors (Lipinski definition) is 2. The molecular formula is C12H15F4NO. The molecule has 0 heterocycles. The van der Waals surface area contributed by atoms with Crippen molar-refractivity contribution in [1.29, 1.82) is 0 Å².